The summed E-state index contributed by atoms with van der Waals surface area (Å²) >= 11 is 7.68. The number of para-hydroxylation sites is 1. The minimum absolute atomic E-state index is 0.158. The highest BCUT2D eigenvalue weighted by Crippen LogP contribution is 2.26. The van der Waals surface area contributed by atoms with Crippen molar-refractivity contribution in [3.63, 3.8) is 0 Å². The van der Waals surface area contributed by atoms with Crippen molar-refractivity contribution in [1.29, 1.82) is 0 Å². The van der Waals surface area contributed by atoms with E-state index in [1.807, 2.05) is 66.0 Å². The second-order valence-electron chi connectivity index (χ2n) is 8.29. The van der Waals surface area contributed by atoms with Gasteiger partial charge in [-0.2, -0.15) is 0 Å². The Balaban J connectivity index is 1.25. The number of carbonyl (C=O) groups is 2. The zero-order valence-electron chi connectivity index (χ0n) is 19.4. The minimum Gasteiger partial charge on any atom is -0.380 e. The summed E-state index contributed by atoms with van der Waals surface area (Å²) in [5.74, 6) is 4.67. The van der Waals surface area contributed by atoms with E-state index in [0.29, 0.717) is 31.2 Å². The van der Waals surface area contributed by atoms with Crippen LogP contribution in [0.15, 0.2) is 66.0 Å². The molecule has 1 saturated heterocycles. The van der Waals surface area contributed by atoms with Crippen molar-refractivity contribution in [3.05, 3.63) is 87.1 Å². The molecule has 9 heteroatoms. The fourth-order valence-electron chi connectivity index (χ4n) is 3.82. The maximum atomic E-state index is 12.7. The Bertz CT molecular complexity index is 1260. The Labute approximate surface area is 218 Å². The van der Waals surface area contributed by atoms with E-state index in [1.54, 1.807) is 0 Å². The van der Waals surface area contributed by atoms with Crippen molar-refractivity contribution in [2.75, 3.05) is 31.1 Å². The smallest absolute Gasteiger partial charge is 0.254 e. The number of piperazine rings is 1. The Hall–Kier alpha value is -3.35. The fraction of sp³-hybridized carbons (Fsp3) is 0.259. The van der Waals surface area contributed by atoms with Crippen LogP contribution in [0.25, 0.3) is 0 Å². The number of anilines is 1. The number of nitrogens with zero attached hydrogens (tertiary/aromatic N) is 2. The van der Waals surface area contributed by atoms with E-state index in [1.165, 1.54) is 16.2 Å². The van der Waals surface area contributed by atoms with Crippen molar-refractivity contribution < 1.29 is 19.8 Å². The van der Waals surface area contributed by atoms with E-state index < -0.39 is 24.0 Å². The van der Waals surface area contributed by atoms with Crippen LogP contribution in [-0.4, -0.2) is 65.3 Å². The number of hydrogen-bond acceptors (Lipinski definition) is 6. The zero-order valence-corrected chi connectivity index (χ0v) is 21.0. The number of amides is 2. The van der Waals surface area contributed by atoms with Crippen LogP contribution < -0.4 is 10.2 Å². The molecule has 0 saturated carbocycles. The molecule has 7 nitrogen and oxygen atoms in total. The van der Waals surface area contributed by atoms with Crippen LogP contribution in [-0.2, 0) is 16.1 Å². The second kappa shape index (κ2) is 12.1. The van der Waals surface area contributed by atoms with Gasteiger partial charge in [0.2, 0.25) is 0 Å². The van der Waals surface area contributed by atoms with Gasteiger partial charge in [0, 0.05) is 47.6 Å². The molecule has 2 heterocycles. The van der Waals surface area contributed by atoms with Crippen molar-refractivity contribution >= 4 is 40.4 Å². The molecule has 186 valence electrons. The summed E-state index contributed by atoms with van der Waals surface area (Å²) in [5.41, 5.74) is 2.61. The number of rotatable bonds is 6. The van der Waals surface area contributed by atoms with E-state index in [-0.39, 0.29) is 6.54 Å². The SMILES string of the molecule is O=C(NCc1cc(C#Cc2ccccc2)cs1)[C@H](O)[C@@H](O)C(=O)N1CCN(c2ccccc2Cl)CC1. The van der Waals surface area contributed by atoms with Gasteiger partial charge in [0.1, 0.15) is 0 Å². The molecule has 1 aliphatic heterocycles. The number of aliphatic hydroxyl groups is 2. The lowest BCUT2D eigenvalue weighted by atomic mass is 10.1. The molecule has 0 radical (unpaired) electrons. The number of hydrogen-bond donors (Lipinski definition) is 3. The van der Waals surface area contributed by atoms with Gasteiger partial charge in [-0.3, -0.25) is 9.59 Å². The Morgan fingerprint density at radius 2 is 1.61 bits per heavy atom. The topological polar surface area (TPSA) is 93.1 Å². The van der Waals surface area contributed by atoms with Gasteiger partial charge in [-0.1, -0.05) is 53.8 Å². The van der Waals surface area contributed by atoms with Gasteiger partial charge in [-0.15, -0.1) is 11.3 Å². The monoisotopic (exact) mass is 523 g/mol. The first kappa shape index (κ1) is 25.7. The third-order valence-corrected chi connectivity index (χ3v) is 7.08. The van der Waals surface area contributed by atoms with Gasteiger partial charge in [-0.05, 0) is 30.3 Å². The summed E-state index contributed by atoms with van der Waals surface area (Å²) in [4.78, 5) is 29.4. The molecule has 2 aromatic carbocycles. The van der Waals surface area contributed by atoms with E-state index in [0.717, 1.165) is 21.7 Å². The third kappa shape index (κ3) is 6.45. The normalized spacial score (nSPS) is 15.0. The van der Waals surface area contributed by atoms with Crippen LogP contribution in [0.3, 0.4) is 0 Å². The number of carbonyl (C=O) groups excluding carboxylic acids is 2. The number of thiophene rings is 1. The van der Waals surface area contributed by atoms with Crippen LogP contribution in [0, 0.1) is 11.8 Å². The fourth-order valence-corrected chi connectivity index (χ4v) is 4.84. The Kier molecular flexibility index (Phi) is 8.62. The molecule has 1 aliphatic rings. The number of halogens is 1. The highest BCUT2D eigenvalue weighted by atomic mass is 35.5. The average Bonchev–Trinajstić information content (AvgIpc) is 3.38. The molecule has 3 aromatic rings. The molecule has 1 fully saturated rings. The largest absolute Gasteiger partial charge is 0.380 e. The molecule has 36 heavy (non-hydrogen) atoms. The van der Waals surface area contributed by atoms with Crippen LogP contribution in [0.4, 0.5) is 5.69 Å². The van der Waals surface area contributed by atoms with Crippen LogP contribution in [0.5, 0.6) is 0 Å². The summed E-state index contributed by atoms with van der Waals surface area (Å²) in [5, 5.41) is 25.7. The quantitative estimate of drug-likeness (QED) is 0.432. The van der Waals surface area contributed by atoms with Gasteiger partial charge in [0.25, 0.3) is 11.8 Å². The molecule has 3 N–H and O–H groups in total. The maximum absolute atomic E-state index is 12.7. The lowest BCUT2D eigenvalue weighted by molar-refractivity contribution is -0.153. The van der Waals surface area contributed by atoms with Gasteiger partial charge in [0.05, 0.1) is 17.3 Å². The van der Waals surface area contributed by atoms with Crippen LogP contribution >= 0.6 is 22.9 Å². The summed E-state index contributed by atoms with van der Waals surface area (Å²) < 4.78 is 0. The lowest BCUT2D eigenvalue weighted by Gasteiger charge is -2.37. The van der Waals surface area contributed by atoms with E-state index in [9.17, 15) is 19.8 Å². The minimum atomic E-state index is -1.86. The Morgan fingerprint density at radius 3 is 2.33 bits per heavy atom. The molecule has 0 unspecified atom stereocenters. The first-order chi connectivity index (χ1) is 17.4. The average molecular weight is 524 g/mol. The predicted octanol–water partition coefficient (Wildman–Crippen LogP) is 2.49. The van der Waals surface area contributed by atoms with E-state index in [4.69, 9.17) is 11.6 Å². The summed E-state index contributed by atoms with van der Waals surface area (Å²) in [6.45, 7) is 1.90. The molecule has 1 aromatic heterocycles. The van der Waals surface area contributed by atoms with Crippen molar-refractivity contribution in [2.45, 2.75) is 18.8 Å². The first-order valence-electron chi connectivity index (χ1n) is 11.5. The molecule has 4 rings (SSSR count). The highest BCUT2D eigenvalue weighted by Gasteiger charge is 2.34. The second-order valence-corrected chi connectivity index (χ2v) is 9.69. The third-order valence-electron chi connectivity index (χ3n) is 5.82. The number of benzene rings is 2. The molecular formula is C27H26ClN3O4S. The Morgan fingerprint density at radius 1 is 0.944 bits per heavy atom. The molecule has 0 spiro atoms. The lowest BCUT2D eigenvalue weighted by Crippen LogP contribution is -2.55. The van der Waals surface area contributed by atoms with Crippen molar-refractivity contribution in [1.82, 2.24) is 10.2 Å². The molecule has 0 bridgehead atoms. The standard InChI is InChI=1S/C27H26ClN3O4S/c28-22-8-4-5-9-23(22)30-12-14-31(15-13-30)27(35)25(33)24(32)26(34)29-17-21-16-20(18-36-21)11-10-19-6-2-1-3-7-19/h1-9,16,18,24-25,32-33H,12-15,17H2,(H,29,34)/t24-,25-/m1/s1. The predicted molar refractivity (Wildman–Crippen MR) is 141 cm³/mol. The zero-order chi connectivity index (χ0) is 25.5. The molecular weight excluding hydrogens is 498 g/mol. The van der Waals surface area contributed by atoms with Crippen molar-refractivity contribution in [3.8, 4) is 11.8 Å². The van der Waals surface area contributed by atoms with E-state index >= 15 is 0 Å². The van der Waals surface area contributed by atoms with Gasteiger partial charge in [-0.25, -0.2) is 0 Å². The summed E-state index contributed by atoms with van der Waals surface area (Å²) in [6, 6.07) is 18.9. The van der Waals surface area contributed by atoms with Gasteiger partial charge in [0.15, 0.2) is 12.2 Å². The summed E-state index contributed by atoms with van der Waals surface area (Å²) in [6.07, 6.45) is -3.70. The number of aliphatic hydroxyl groups excluding tert-OH is 2. The molecule has 0 aliphatic carbocycles. The number of nitrogens with one attached hydrogen (secondary N) is 1. The molecule has 2 atom stereocenters. The van der Waals surface area contributed by atoms with E-state index in [2.05, 4.69) is 22.1 Å². The maximum Gasteiger partial charge on any atom is 0.254 e. The van der Waals surface area contributed by atoms with Gasteiger partial charge >= 0.3 is 0 Å². The first-order valence-corrected chi connectivity index (χ1v) is 12.7. The molecule has 2 amide bonds. The van der Waals surface area contributed by atoms with Crippen LogP contribution in [0.2, 0.25) is 5.02 Å². The van der Waals surface area contributed by atoms with Crippen LogP contribution in [0.1, 0.15) is 16.0 Å². The van der Waals surface area contributed by atoms with Gasteiger partial charge < -0.3 is 25.3 Å². The highest BCUT2D eigenvalue weighted by molar-refractivity contribution is 7.10. The summed E-state index contributed by atoms with van der Waals surface area (Å²) in [7, 11) is 0. The van der Waals surface area contributed by atoms with Crippen molar-refractivity contribution in [2.24, 2.45) is 0 Å².